The van der Waals surface area contributed by atoms with Gasteiger partial charge in [-0.25, -0.2) is 10.5 Å². The maximum Gasteiger partial charge on any atom is 0.313 e. The first kappa shape index (κ1) is 53.3. The number of thioether (sulfide) groups is 2. The van der Waals surface area contributed by atoms with E-state index in [1.807, 2.05) is 0 Å². The number of thiol groups is 1. The monoisotopic (exact) mass is 1120 g/mol. The molecule has 0 unspecified atom stereocenters. The third kappa shape index (κ3) is 13.8. The van der Waals surface area contributed by atoms with Crippen molar-refractivity contribution < 1.29 is 80.0 Å². The Bertz CT molecular complexity index is 3310. The van der Waals surface area contributed by atoms with Gasteiger partial charge in [-0.15, -0.1) is 29.1 Å². The van der Waals surface area contributed by atoms with Crippen LogP contribution in [-0.2, 0) is 48.7 Å². The molecule has 0 bridgehead atoms. The maximum atomic E-state index is 12.8. The predicted molar refractivity (Wildman–Crippen MR) is 247 cm³/mol. The number of anilines is 5. The Kier molecular flexibility index (Phi) is 17.7. The molecule has 0 saturated carbocycles. The maximum absolute atomic E-state index is 12.8. The molecule has 0 spiro atoms. The molecule has 6 rings (SSSR count). The van der Waals surface area contributed by atoms with E-state index in [9.17, 15) is 35.8 Å². The molecule has 30 nitrogen and oxygen atoms in total. The zero-order valence-corrected chi connectivity index (χ0v) is 40.0. The molecule has 0 fully saturated rings. The van der Waals surface area contributed by atoms with E-state index in [4.69, 9.17) is 49.4 Å². The molecule has 368 valence electrons. The molecule has 0 amide bonds. The number of carbonyl (C=O) groups is 1. The molecule has 2 aromatic heterocycles. The van der Waals surface area contributed by atoms with E-state index in [0.717, 1.165) is 36.0 Å². The molecular weight excluding hydrogens is 1100 g/mol. The molecule has 0 aliphatic rings. The summed E-state index contributed by atoms with van der Waals surface area (Å²) in [5, 5.41) is 65.9. The highest BCUT2D eigenvalue weighted by Gasteiger charge is 2.27. The van der Waals surface area contributed by atoms with Gasteiger partial charge in [0.1, 0.15) is 26.9 Å². The van der Waals surface area contributed by atoms with Gasteiger partial charge < -0.3 is 36.4 Å². The minimum Gasteiger partial charge on any atom is -0.505 e. The number of hydrogen-bond acceptors (Lipinski definition) is 31. The summed E-state index contributed by atoms with van der Waals surface area (Å²) < 4.78 is 79.9. The number of nitrogens with one attached hydrogen (secondary N) is 2. The van der Waals surface area contributed by atoms with Gasteiger partial charge in [0.2, 0.25) is 33.4 Å². The number of phenols is 1. The van der Waals surface area contributed by atoms with Crippen LogP contribution < -0.4 is 21.3 Å². The number of halogens is 2. The number of nitrogens with two attached hydrogens (primary N) is 1. The number of nitrogens with zero attached hydrogens (tertiary/aromatic N) is 10. The Balaban J connectivity index is 1.41. The topological polar surface area (TPSA) is 439 Å². The van der Waals surface area contributed by atoms with E-state index in [2.05, 4.69) is 104 Å². The van der Waals surface area contributed by atoms with Gasteiger partial charge in [0, 0.05) is 24.3 Å². The summed E-state index contributed by atoms with van der Waals surface area (Å²) in [7, 11) is -10.3. The fraction of sp³-hybridized carbons (Fsp3) is 0.0312. The minimum atomic E-state index is -5.23. The molecule has 0 aliphatic carbocycles. The van der Waals surface area contributed by atoms with E-state index in [1.165, 1.54) is 24.3 Å². The second-order valence-electron chi connectivity index (χ2n) is 12.4. The Morgan fingerprint density at radius 1 is 0.814 bits per heavy atom. The summed E-state index contributed by atoms with van der Waals surface area (Å²) >= 11 is 17.1. The lowest BCUT2D eigenvalue weighted by Crippen LogP contribution is -2.03. The van der Waals surface area contributed by atoms with Crippen LogP contribution in [0.4, 0.5) is 51.7 Å². The Morgan fingerprint density at radius 3 is 2.03 bits per heavy atom. The summed E-state index contributed by atoms with van der Waals surface area (Å²) in [6, 6.07) is 8.89. The number of hydrogen-bond donors (Lipinski definition) is 10. The van der Waals surface area contributed by atoms with Crippen LogP contribution in [0.1, 0.15) is 0 Å². The van der Waals surface area contributed by atoms with E-state index >= 15 is 0 Å². The molecule has 38 heteroatoms. The smallest absolute Gasteiger partial charge is 0.313 e. The summed E-state index contributed by atoms with van der Waals surface area (Å²) in [6.45, 7) is 3.41. The zero-order chi connectivity index (χ0) is 50.9. The van der Waals surface area contributed by atoms with Gasteiger partial charge in [-0.05, 0) is 100 Å². The van der Waals surface area contributed by atoms with Crippen molar-refractivity contribution in [2.75, 3.05) is 22.1 Å². The molecule has 70 heavy (non-hydrogen) atoms. The highest BCUT2D eigenvalue weighted by Crippen LogP contribution is 2.50. The second-order valence-corrected chi connectivity index (χ2v) is 18.7. The molecule has 4 aromatic carbocycles. The lowest BCUT2D eigenvalue weighted by molar-refractivity contribution is -0.432. The van der Waals surface area contributed by atoms with Crippen molar-refractivity contribution in [2.24, 2.45) is 20.5 Å². The Morgan fingerprint density at radius 2 is 1.41 bits per heavy atom. The van der Waals surface area contributed by atoms with Gasteiger partial charge in [-0.3, -0.25) is 13.9 Å². The quantitative estimate of drug-likeness (QED) is 0.00351. The summed E-state index contributed by atoms with van der Waals surface area (Å²) in [4.78, 5) is 41.8. The van der Waals surface area contributed by atoms with Crippen LogP contribution in [-0.4, -0.2) is 88.3 Å². The van der Waals surface area contributed by atoms with Crippen molar-refractivity contribution in [3.63, 3.8) is 0 Å². The van der Waals surface area contributed by atoms with E-state index in [-0.39, 0.29) is 71.0 Å². The zero-order valence-electron chi connectivity index (χ0n) is 33.5. The van der Waals surface area contributed by atoms with Crippen LogP contribution in [0.15, 0.2) is 106 Å². The Labute approximate surface area is 417 Å². The fourth-order valence-electron chi connectivity index (χ4n) is 5.30. The number of benzene rings is 4. The first-order valence-corrected chi connectivity index (χ1v) is 24.1. The molecule has 0 aliphatic heterocycles. The van der Waals surface area contributed by atoms with Gasteiger partial charge in [0.25, 0.3) is 20.2 Å². The van der Waals surface area contributed by atoms with Crippen molar-refractivity contribution in [1.82, 2.24) is 29.9 Å². The van der Waals surface area contributed by atoms with Crippen LogP contribution >= 0.6 is 71.7 Å². The highest BCUT2D eigenvalue weighted by atomic mass is 35.5. The number of aromatic hydroxyl groups is 1. The number of nitrogen functional groups attached to an aromatic ring is 1. The molecule has 6 aromatic rings. The lowest BCUT2D eigenvalue weighted by Gasteiger charge is -2.14. The first-order valence-electron chi connectivity index (χ1n) is 17.6. The van der Waals surface area contributed by atoms with Crippen molar-refractivity contribution in [1.29, 1.82) is 0 Å². The fourth-order valence-corrected chi connectivity index (χ4v) is 8.60. The van der Waals surface area contributed by atoms with Gasteiger partial charge in [0.15, 0.2) is 21.7 Å². The van der Waals surface area contributed by atoms with Crippen LogP contribution in [0.25, 0.3) is 10.8 Å². The predicted octanol–water partition coefficient (Wildman–Crippen LogP) is 8.36. The average molecular weight is 1120 g/mol. The summed E-state index contributed by atoms with van der Waals surface area (Å²) in [6.07, 6.45) is 0. The van der Waals surface area contributed by atoms with E-state index in [1.54, 1.807) is 0 Å². The molecule has 0 radical (unpaired) electrons. The van der Waals surface area contributed by atoms with E-state index in [0.29, 0.717) is 23.8 Å². The summed E-state index contributed by atoms with van der Waals surface area (Å²) in [5.41, 5.74) is 3.71. The van der Waals surface area contributed by atoms with Gasteiger partial charge >= 0.3 is 5.97 Å². The summed E-state index contributed by atoms with van der Waals surface area (Å²) in [5.74, 6) is -3.47. The molecule has 0 atom stereocenters. The average Bonchev–Trinajstić information content (AvgIpc) is 3.28. The normalized spacial score (nSPS) is 11.9. The van der Waals surface area contributed by atoms with Crippen molar-refractivity contribution in [3.05, 3.63) is 70.8 Å². The molecule has 2 heterocycles. The van der Waals surface area contributed by atoms with Crippen LogP contribution in [0.5, 0.6) is 11.5 Å². The van der Waals surface area contributed by atoms with E-state index < -0.39 is 75.6 Å². The molecule has 0 saturated heterocycles. The van der Waals surface area contributed by atoms with Crippen molar-refractivity contribution >= 4 is 160 Å². The number of aliphatic carboxylic acids is 1. The van der Waals surface area contributed by atoms with Crippen LogP contribution in [0.3, 0.4) is 0 Å². The largest absolute Gasteiger partial charge is 0.505 e. The number of carboxylic acid groups (broad SMARTS) is 1. The van der Waals surface area contributed by atoms with Crippen molar-refractivity contribution in [2.45, 2.75) is 25.0 Å². The SMILES string of the molecule is C=C(OO)Sc1nc(Cl)nc(Nc2ccc(N=Nc3c(OOOS)cc4cc(S(=O)(=O)O)c(N=Nc5ccc(Nc6nc(Cl)nc(SCC(=O)O)n6)cc5SOOO)c(N)c4c3O)c(S(=O)(=O)O)c2)n1. The number of aromatic nitrogens is 6. The Hall–Kier alpha value is -6.07. The first-order chi connectivity index (χ1) is 33.2. The van der Waals surface area contributed by atoms with Crippen LogP contribution in [0.2, 0.25) is 10.6 Å². The molecule has 10 N–H and O–H groups in total. The van der Waals surface area contributed by atoms with Gasteiger partial charge in [0.05, 0.1) is 33.8 Å². The second kappa shape index (κ2) is 23.2. The third-order valence-corrected chi connectivity index (χ3v) is 12.2. The van der Waals surface area contributed by atoms with Gasteiger partial charge in [-0.2, -0.15) is 46.7 Å². The number of phenolic OH excluding ortho intramolecular Hbond substituents is 1. The number of rotatable bonds is 22. The number of azo groups is 2. The van der Waals surface area contributed by atoms with Gasteiger partial charge in [-0.1, -0.05) is 16.8 Å². The number of fused-ring (bicyclic) bond motifs is 1. The van der Waals surface area contributed by atoms with Crippen LogP contribution in [0, 0.1) is 0 Å². The highest BCUT2D eigenvalue weighted by molar-refractivity contribution is 8.02. The third-order valence-electron chi connectivity index (χ3n) is 7.93. The minimum absolute atomic E-state index is 0.0113. The number of carboxylic acids is 1. The standard InChI is InChI=1S/C32H23Cl2N13O17S6/c1-11(59-51)67-32-41-28(34)39-30(43-32)37-14-3-5-16(19(9-14)69(53,54)55)45-46-24-17(60-62-63-65)6-12-7-20(70(56,57)58)25(23(35)22(12)26(24)50)47-44-15-4-2-13(8-18(15)68-64-61-52)36-29-38-27(33)40-31(42-29)66-10-21(48)49/h2-9,50-52,65H,1,10,35H2,(H,48,49)(H,53,54,55)(H,56,57,58)(H,36,38,40,42)(H,37,39,41,43). The molecular formula is C32H23Cl2N13O17S6. The van der Waals surface area contributed by atoms with Crippen molar-refractivity contribution in [3.8, 4) is 11.5 Å². The lowest BCUT2D eigenvalue weighted by atomic mass is 10.0.